The maximum absolute atomic E-state index is 13.4. The third kappa shape index (κ3) is 3.48. The summed E-state index contributed by atoms with van der Waals surface area (Å²) in [5.74, 6) is -0.852. The molecule has 2 nitrogen and oxygen atoms in total. The number of aliphatic hydroxyl groups excluding tert-OH is 2. The van der Waals surface area contributed by atoms with Crippen molar-refractivity contribution in [2.75, 3.05) is 13.2 Å². The van der Waals surface area contributed by atoms with Gasteiger partial charge in [-0.05, 0) is 47.9 Å². The molecule has 0 bridgehead atoms. The zero-order chi connectivity index (χ0) is 15.5. The highest BCUT2D eigenvalue weighted by Crippen LogP contribution is 2.31. The Morgan fingerprint density at radius 3 is 2.24 bits per heavy atom. The van der Waals surface area contributed by atoms with Gasteiger partial charge in [-0.25, -0.2) is 8.78 Å². The highest BCUT2D eigenvalue weighted by atomic mass is 79.9. The van der Waals surface area contributed by atoms with E-state index in [0.29, 0.717) is 15.6 Å². The molecule has 0 amide bonds. The summed E-state index contributed by atoms with van der Waals surface area (Å²) in [6.45, 7) is -0.758. The highest BCUT2D eigenvalue weighted by molar-refractivity contribution is 9.10. The maximum Gasteiger partial charge on any atom is 0.123 e. The van der Waals surface area contributed by atoms with Crippen molar-refractivity contribution in [3.63, 3.8) is 0 Å². The number of rotatable bonds is 5. The first-order chi connectivity index (χ1) is 10.0. The molecule has 0 heterocycles. The molecule has 21 heavy (non-hydrogen) atoms. The zero-order valence-electron chi connectivity index (χ0n) is 11.2. The molecule has 0 atom stereocenters. The highest BCUT2D eigenvalue weighted by Gasteiger charge is 2.32. The standard InChI is InChI=1S/C16H15BrF2O2/c17-15-5-4-14(19)6-11(15)8-16(9-20,10-21)12-2-1-3-13(18)7-12/h1-7,20-21H,8-10H2. The molecule has 0 aliphatic rings. The van der Waals surface area contributed by atoms with Crippen molar-refractivity contribution in [1.82, 2.24) is 0 Å². The third-order valence-electron chi connectivity index (χ3n) is 3.58. The first-order valence-corrected chi connectivity index (χ1v) is 7.22. The van der Waals surface area contributed by atoms with Crippen LogP contribution in [0, 0.1) is 11.6 Å². The molecule has 0 aromatic heterocycles. The maximum atomic E-state index is 13.4. The Morgan fingerprint density at radius 1 is 0.952 bits per heavy atom. The van der Waals surface area contributed by atoms with Crippen LogP contribution in [0.1, 0.15) is 11.1 Å². The minimum absolute atomic E-state index is 0.182. The topological polar surface area (TPSA) is 40.5 Å². The van der Waals surface area contributed by atoms with Gasteiger partial charge in [0.05, 0.1) is 13.2 Å². The lowest BCUT2D eigenvalue weighted by Crippen LogP contribution is -2.37. The minimum Gasteiger partial charge on any atom is -0.395 e. The monoisotopic (exact) mass is 356 g/mol. The lowest BCUT2D eigenvalue weighted by molar-refractivity contribution is 0.116. The molecule has 2 rings (SSSR count). The van der Waals surface area contributed by atoms with Gasteiger partial charge in [0.15, 0.2) is 0 Å². The predicted octanol–water partition coefficient (Wildman–Crippen LogP) is 3.19. The van der Waals surface area contributed by atoms with Crippen LogP contribution >= 0.6 is 15.9 Å². The van der Waals surface area contributed by atoms with Crippen molar-refractivity contribution < 1.29 is 19.0 Å². The van der Waals surface area contributed by atoms with Crippen molar-refractivity contribution in [3.05, 3.63) is 69.7 Å². The summed E-state index contributed by atoms with van der Waals surface area (Å²) >= 11 is 3.32. The number of benzene rings is 2. The smallest absolute Gasteiger partial charge is 0.123 e. The van der Waals surface area contributed by atoms with Crippen molar-refractivity contribution in [1.29, 1.82) is 0 Å². The van der Waals surface area contributed by atoms with Crippen LogP contribution in [0.15, 0.2) is 46.9 Å². The van der Waals surface area contributed by atoms with E-state index >= 15 is 0 Å². The number of aliphatic hydroxyl groups is 2. The van der Waals surface area contributed by atoms with E-state index in [1.54, 1.807) is 12.1 Å². The molecule has 0 aliphatic carbocycles. The molecule has 0 spiro atoms. The second-order valence-electron chi connectivity index (χ2n) is 5.02. The molecule has 0 saturated heterocycles. The molecule has 2 N–H and O–H groups in total. The molecule has 112 valence electrons. The van der Waals surface area contributed by atoms with Crippen LogP contribution in [-0.2, 0) is 11.8 Å². The summed E-state index contributed by atoms with van der Waals surface area (Å²) < 4.78 is 27.5. The molecule has 0 saturated carbocycles. The quantitative estimate of drug-likeness (QED) is 0.863. The average Bonchev–Trinajstić information content (AvgIpc) is 2.48. The predicted molar refractivity (Wildman–Crippen MR) is 80.1 cm³/mol. The first-order valence-electron chi connectivity index (χ1n) is 6.42. The fourth-order valence-electron chi connectivity index (χ4n) is 2.31. The van der Waals surface area contributed by atoms with Crippen LogP contribution < -0.4 is 0 Å². The molecule has 0 aliphatic heterocycles. The van der Waals surface area contributed by atoms with Gasteiger partial charge in [-0.15, -0.1) is 0 Å². The third-order valence-corrected chi connectivity index (χ3v) is 4.35. The molecular weight excluding hydrogens is 342 g/mol. The second kappa shape index (κ2) is 6.64. The van der Waals surface area contributed by atoms with E-state index in [0.717, 1.165) is 0 Å². The van der Waals surface area contributed by atoms with Crippen molar-refractivity contribution in [2.24, 2.45) is 0 Å². The Hall–Kier alpha value is -1.30. The van der Waals surface area contributed by atoms with E-state index < -0.39 is 17.0 Å². The normalized spacial score (nSPS) is 11.7. The Bertz CT molecular complexity index is 627. The summed E-state index contributed by atoms with van der Waals surface area (Å²) in [6, 6.07) is 9.95. The van der Waals surface area contributed by atoms with E-state index in [4.69, 9.17) is 0 Å². The Kier molecular flexibility index (Phi) is 5.08. The van der Waals surface area contributed by atoms with Crippen LogP contribution in [0.3, 0.4) is 0 Å². The van der Waals surface area contributed by atoms with Crippen molar-refractivity contribution in [3.8, 4) is 0 Å². The number of halogens is 3. The Morgan fingerprint density at radius 2 is 1.62 bits per heavy atom. The van der Waals surface area contributed by atoms with Crippen molar-refractivity contribution in [2.45, 2.75) is 11.8 Å². The fourth-order valence-corrected chi connectivity index (χ4v) is 2.69. The second-order valence-corrected chi connectivity index (χ2v) is 5.87. The lowest BCUT2D eigenvalue weighted by Gasteiger charge is -2.31. The van der Waals surface area contributed by atoms with E-state index in [9.17, 15) is 19.0 Å². The van der Waals surface area contributed by atoms with E-state index in [1.165, 1.54) is 30.3 Å². The lowest BCUT2D eigenvalue weighted by atomic mass is 9.77. The zero-order valence-corrected chi connectivity index (χ0v) is 12.8. The molecule has 2 aromatic rings. The van der Waals surface area contributed by atoms with Crippen LogP contribution in [0.2, 0.25) is 0 Å². The largest absolute Gasteiger partial charge is 0.395 e. The molecule has 2 aromatic carbocycles. The van der Waals surface area contributed by atoms with Gasteiger partial charge in [-0.1, -0.05) is 28.1 Å². The number of hydrogen-bond acceptors (Lipinski definition) is 2. The van der Waals surface area contributed by atoms with Gasteiger partial charge in [0.1, 0.15) is 11.6 Å². The Labute approximate surface area is 130 Å². The fraction of sp³-hybridized carbons (Fsp3) is 0.250. The molecule has 0 radical (unpaired) electrons. The Balaban J connectivity index is 2.45. The minimum atomic E-state index is -1.07. The molecule has 0 unspecified atom stereocenters. The van der Waals surface area contributed by atoms with Gasteiger partial charge in [-0.3, -0.25) is 0 Å². The van der Waals surface area contributed by atoms with E-state index in [2.05, 4.69) is 15.9 Å². The van der Waals surface area contributed by atoms with Gasteiger partial charge in [0, 0.05) is 9.89 Å². The SMILES string of the molecule is OCC(CO)(Cc1cc(F)ccc1Br)c1cccc(F)c1. The van der Waals surface area contributed by atoms with E-state index in [-0.39, 0.29) is 19.6 Å². The molecular formula is C16H15BrF2O2. The van der Waals surface area contributed by atoms with Gasteiger partial charge >= 0.3 is 0 Å². The average molecular weight is 357 g/mol. The molecule has 0 fully saturated rings. The van der Waals surface area contributed by atoms with Gasteiger partial charge in [0.2, 0.25) is 0 Å². The van der Waals surface area contributed by atoms with E-state index in [1.807, 2.05) is 0 Å². The summed E-state index contributed by atoms with van der Waals surface area (Å²) in [7, 11) is 0. The first kappa shape index (κ1) is 16.1. The van der Waals surface area contributed by atoms with Gasteiger partial charge in [0.25, 0.3) is 0 Å². The summed E-state index contributed by atoms with van der Waals surface area (Å²) in [5, 5.41) is 19.5. The van der Waals surface area contributed by atoms with Gasteiger partial charge < -0.3 is 10.2 Å². The van der Waals surface area contributed by atoms with Crippen molar-refractivity contribution >= 4 is 15.9 Å². The summed E-state index contributed by atoms with van der Waals surface area (Å²) in [5.41, 5.74) is 0.00400. The van der Waals surface area contributed by atoms with Crippen LogP contribution in [0.5, 0.6) is 0 Å². The number of hydrogen-bond donors (Lipinski definition) is 2. The van der Waals surface area contributed by atoms with Crippen LogP contribution in [0.25, 0.3) is 0 Å². The van der Waals surface area contributed by atoms with Crippen LogP contribution in [-0.4, -0.2) is 23.4 Å². The summed E-state index contributed by atoms with van der Waals surface area (Å²) in [4.78, 5) is 0. The van der Waals surface area contributed by atoms with Crippen LogP contribution in [0.4, 0.5) is 8.78 Å². The van der Waals surface area contributed by atoms with Gasteiger partial charge in [-0.2, -0.15) is 0 Å². The summed E-state index contributed by atoms with van der Waals surface area (Å²) in [6.07, 6.45) is 0.182. The molecule has 5 heteroatoms.